The summed E-state index contributed by atoms with van der Waals surface area (Å²) in [6.45, 7) is 0. The lowest BCUT2D eigenvalue weighted by Crippen LogP contribution is -2.21. The van der Waals surface area contributed by atoms with Gasteiger partial charge in [0, 0.05) is 0 Å². The van der Waals surface area contributed by atoms with Gasteiger partial charge in [0.1, 0.15) is 6.26 Å². The van der Waals surface area contributed by atoms with Crippen LogP contribution in [0.3, 0.4) is 0 Å². The molecular weight excluding hydrogens is 133 g/mol. The van der Waals surface area contributed by atoms with Gasteiger partial charge in [-0.05, 0) is 0 Å². The average Bonchev–Trinajstić information content (AvgIpc) is 1.65. The molecule has 0 rings (SSSR count). The maximum Gasteiger partial charge on any atom is 0.170 e. The van der Waals surface area contributed by atoms with E-state index in [1.54, 1.807) is 0 Å². The van der Waals surface area contributed by atoms with E-state index in [-0.39, 0.29) is 12.4 Å². The Morgan fingerprint density at radius 3 is 2.00 bits per heavy atom. The predicted octanol–water partition coefficient (Wildman–Crippen LogP) is -0.357. The van der Waals surface area contributed by atoms with E-state index in [4.69, 9.17) is 15.3 Å². The van der Waals surface area contributed by atoms with Crippen LogP contribution in [-0.4, -0.2) is 21.5 Å². The molecular formula is C3H8ClNO3. The maximum absolute atomic E-state index is 8.17. The maximum atomic E-state index is 8.17. The molecule has 0 bridgehead atoms. The van der Waals surface area contributed by atoms with Gasteiger partial charge in [-0.3, -0.25) is 5.73 Å². The SMILES string of the molecule is Cl.NC(O)C(O)=CO. The van der Waals surface area contributed by atoms with Gasteiger partial charge in [0.2, 0.25) is 0 Å². The highest BCUT2D eigenvalue weighted by molar-refractivity contribution is 5.85. The van der Waals surface area contributed by atoms with E-state index >= 15 is 0 Å². The van der Waals surface area contributed by atoms with Crippen LogP contribution in [0.1, 0.15) is 0 Å². The first-order valence-corrected chi connectivity index (χ1v) is 1.65. The van der Waals surface area contributed by atoms with Crippen LogP contribution < -0.4 is 5.73 Å². The Balaban J connectivity index is 0. The van der Waals surface area contributed by atoms with Crippen LogP contribution in [0.15, 0.2) is 12.0 Å². The van der Waals surface area contributed by atoms with Crippen molar-refractivity contribution in [1.29, 1.82) is 0 Å². The molecule has 1 atom stereocenters. The number of rotatable bonds is 1. The van der Waals surface area contributed by atoms with Crippen molar-refractivity contribution >= 4 is 12.4 Å². The number of nitrogens with two attached hydrogens (primary N) is 1. The minimum atomic E-state index is -1.47. The lowest BCUT2D eigenvalue weighted by Gasteiger charge is -1.97. The lowest BCUT2D eigenvalue weighted by atomic mass is 10.5. The lowest BCUT2D eigenvalue weighted by molar-refractivity contribution is 0.151. The fourth-order valence-electron chi connectivity index (χ4n) is 0.0764. The summed E-state index contributed by atoms with van der Waals surface area (Å²) in [5, 5.41) is 24.1. The zero-order chi connectivity index (χ0) is 5.86. The molecule has 0 aromatic carbocycles. The molecule has 0 fully saturated rings. The third kappa shape index (κ3) is 3.73. The van der Waals surface area contributed by atoms with Crippen molar-refractivity contribution in [3.63, 3.8) is 0 Å². The smallest absolute Gasteiger partial charge is 0.170 e. The Labute approximate surface area is 52.7 Å². The largest absolute Gasteiger partial charge is 0.512 e. The van der Waals surface area contributed by atoms with Gasteiger partial charge in [0.15, 0.2) is 12.0 Å². The summed E-state index contributed by atoms with van der Waals surface area (Å²) in [6, 6.07) is 0. The van der Waals surface area contributed by atoms with E-state index in [1.807, 2.05) is 0 Å². The topological polar surface area (TPSA) is 86.7 Å². The van der Waals surface area contributed by atoms with Crippen LogP contribution in [-0.2, 0) is 0 Å². The van der Waals surface area contributed by atoms with E-state index < -0.39 is 12.0 Å². The van der Waals surface area contributed by atoms with Crippen molar-refractivity contribution in [2.75, 3.05) is 0 Å². The van der Waals surface area contributed by atoms with E-state index in [9.17, 15) is 0 Å². The molecule has 5 N–H and O–H groups in total. The summed E-state index contributed by atoms with van der Waals surface area (Å²) in [7, 11) is 0. The molecule has 0 saturated carbocycles. The van der Waals surface area contributed by atoms with Gasteiger partial charge in [-0.2, -0.15) is 0 Å². The molecule has 0 amide bonds. The zero-order valence-corrected chi connectivity index (χ0v) is 4.80. The molecule has 0 spiro atoms. The summed E-state index contributed by atoms with van der Waals surface area (Å²) in [4.78, 5) is 0. The Morgan fingerprint density at radius 1 is 1.62 bits per heavy atom. The second kappa shape index (κ2) is 4.70. The van der Waals surface area contributed by atoms with Crippen molar-refractivity contribution in [3.05, 3.63) is 12.0 Å². The highest BCUT2D eigenvalue weighted by Gasteiger charge is 1.98. The van der Waals surface area contributed by atoms with Crippen LogP contribution >= 0.6 is 12.4 Å². The van der Waals surface area contributed by atoms with Gasteiger partial charge in [-0.25, -0.2) is 0 Å². The summed E-state index contributed by atoms with van der Waals surface area (Å²) in [6.07, 6.45) is -1.13. The van der Waals surface area contributed by atoms with E-state index in [0.29, 0.717) is 6.26 Å². The molecule has 4 nitrogen and oxygen atoms in total. The number of hydrogen-bond donors (Lipinski definition) is 4. The van der Waals surface area contributed by atoms with E-state index in [0.717, 1.165) is 0 Å². The number of halogens is 1. The fourth-order valence-corrected chi connectivity index (χ4v) is 0.0764. The Hall–Kier alpha value is -0.450. The molecule has 50 valence electrons. The molecule has 0 heterocycles. The summed E-state index contributed by atoms with van der Waals surface area (Å²) < 4.78 is 0. The molecule has 0 aliphatic heterocycles. The summed E-state index contributed by atoms with van der Waals surface area (Å²) in [5.74, 6) is -0.639. The molecule has 0 aromatic heterocycles. The molecule has 0 radical (unpaired) electrons. The van der Waals surface area contributed by atoms with Crippen molar-refractivity contribution in [2.45, 2.75) is 6.23 Å². The van der Waals surface area contributed by atoms with E-state index in [2.05, 4.69) is 5.73 Å². The average molecular weight is 142 g/mol. The van der Waals surface area contributed by atoms with Crippen molar-refractivity contribution in [3.8, 4) is 0 Å². The van der Waals surface area contributed by atoms with Gasteiger partial charge in [0.25, 0.3) is 0 Å². The normalized spacial score (nSPS) is 14.5. The monoisotopic (exact) mass is 141 g/mol. The first-order valence-electron chi connectivity index (χ1n) is 1.65. The fraction of sp³-hybridized carbons (Fsp3) is 0.333. The van der Waals surface area contributed by atoms with Crippen molar-refractivity contribution in [2.24, 2.45) is 5.73 Å². The molecule has 0 aliphatic rings. The number of hydrogen-bond acceptors (Lipinski definition) is 4. The number of aliphatic hydroxyl groups is 3. The van der Waals surface area contributed by atoms with Crippen LogP contribution in [0.4, 0.5) is 0 Å². The third-order valence-corrected chi connectivity index (χ3v) is 0.435. The molecule has 0 aliphatic carbocycles. The highest BCUT2D eigenvalue weighted by Crippen LogP contribution is 1.85. The first-order chi connectivity index (χ1) is 3.18. The minimum Gasteiger partial charge on any atom is -0.512 e. The summed E-state index contributed by atoms with van der Waals surface area (Å²) >= 11 is 0. The molecule has 0 saturated heterocycles. The standard InChI is InChI=1S/C3H7NO3.ClH/c4-3(7)2(6)1-5;/h1,3,5-7H,4H2;1H. The van der Waals surface area contributed by atoms with Crippen LogP contribution in [0.2, 0.25) is 0 Å². The van der Waals surface area contributed by atoms with Crippen LogP contribution in [0.25, 0.3) is 0 Å². The van der Waals surface area contributed by atoms with E-state index in [1.165, 1.54) is 0 Å². The second-order valence-corrected chi connectivity index (χ2v) is 0.999. The predicted molar refractivity (Wildman–Crippen MR) is 30.8 cm³/mol. The Kier molecular flexibility index (Phi) is 6.18. The van der Waals surface area contributed by atoms with Gasteiger partial charge in [-0.15, -0.1) is 12.4 Å². The molecule has 1 unspecified atom stereocenters. The highest BCUT2D eigenvalue weighted by atomic mass is 35.5. The molecule has 0 aromatic rings. The van der Waals surface area contributed by atoms with Gasteiger partial charge >= 0.3 is 0 Å². The zero-order valence-electron chi connectivity index (χ0n) is 3.98. The van der Waals surface area contributed by atoms with Gasteiger partial charge in [0.05, 0.1) is 0 Å². The van der Waals surface area contributed by atoms with Crippen LogP contribution in [0, 0.1) is 0 Å². The first kappa shape index (κ1) is 10.5. The summed E-state index contributed by atoms with van der Waals surface area (Å²) in [5.41, 5.74) is 4.62. The quantitative estimate of drug-likeness (QED) is 0.297. The molecule has 8 heavy (non-hydrogen) atoms. The van der Waals surface area contributed by atoms with Gasteiger partial charge < -0.3 is 15.3 Å². The number of aliphatic hydroxyl groups excluding tert-OH is 3. The third-order valence-electron chi connectivity index (χ3n) is 0.435. The Bertz CT molecular complexity index is 82.6. The molecule has 5 heteroatoms. The van der Waals surface area contributed by atoms with Crippen molar-refractivity contribution in [1.82, 2.24) is 0 Å². The van der Waals surface area contributed by atoms with Gasteiger partial charge in [-0.1, -0.05) is 0 Å². The minimum absolute atomic E-state index is 0. The van der Waals surface area contributed by atoms with Crippen molar-refractivity contribution < 1.29 is 15.3 Å². The van der Waals surface area contributed by atoms with Crippen LogP contribution in [0.5, 0.6) is 0 Å². The Morgan fingerprint density at radius 2 is 2.00 bits per heavy atom. The second-order valence-electron chi connectivity index (χ2n) is 0.999.